The number of para-hydroxylation sites is 1. The van der Waals surface area contributed by atoms with Gasteiger partial charge in [0.2, 0.25) is 5.91 Å². The van der Waals surface area contributed by atoms with E-state index in [0.717, 1.165) is 4.90 Å². The number of nitrogens with one attached hydrogen (secondary N) is 1. The van der Waals surface area contributed by atoms with E-state index in [-0.39, 0.29) is 17.1 Å². The van der Waals surface area contributed by atoms with Gasteiger partial charge in [0.05, 0.1) is 22.7 Å². The summed E-state index contributed by atoms with van der Waals surface area (Å²) >= 11 is 0. The second-order valence-corrected chi connectivity index (χ2v) is 9.88. The normalized spacial score (nSPS) is 15.9. The van der Waals surface area contributed by atoms with Crippen molar-refractivity contribution in [3.8, 4) is 0 Å². The highest BCUT2D eigenvalue weighted by atomic mass is 32.2. The highest BCUT2D eigenvalue weighted by Crippen LogP contribution is 2.28. The Labute approximate surface area is 197 Å². The van der Waals surface area contributed by atoms with Crippen molar-refractivity contribution in [2.24, 2.45) is 0 Å². The molecule has 1 N–H and O–H groups in total. The third-order valence-electron chi connectivity index (χ3n) is 5.61. The van der Waals surface area contributed by atoms with Crippen molar-refractivity contribution in [3.63, 3.8) is 0 Å². The molecule has 1 aliphatic heterocycles. The van der Waals surface area contributed by atoms with Crippen molar-refractivity contribution < 1.29 is 22.8 Å². The number of hydrogen-bond donors (Lipinski definition) is 1. The van der Waals surface area contributed by atoms with Crippen LogP contribution >= 0.6 is 0 Å². The van der Waals surface area contributed by atoms with Crippen molar-refractivity contribution >= 4 is 44.7 Å². The van der Waals surface area contributed by atoms with Crippen LogP contribution in [0, 0.1) is 0 Å². The molecule has 0 aliphatic carbocycles. The van der Waals surface area contributed by atoms with E-state index in [1.165, 1.54) is 36.5 Å². The summed E-state index contributed by atoms with van der Waals surface area (Å²) in [5.74, 6) is -1.05. The van der Waals surface area contributed by atoms with Crippen LogP contribution in [0.5, 0.6) is 0 Å². The number of carbonyl (C=O) groups excluding carboxylic acids is 3. The fourth-order valence-electron chi connectivity index (χ4n) is 3.76. The zero-order valence-corrected chi connectivity index (χ0v) is 19.5. The Balaban J connectivity index is 1.56. The molecule has 8 nitrogen and oxygen atoms in total. The van der Waals surface area contributed by atoms with Gasteiger partial charge >= 0.3 is 0 Å². The molecule has 34 heavy (non-hydrogen) atoms. The van der Waals surface area contributed by atoms with Crippen LogP contribution in [0.1, 0.15) is 23.7 Å². The maximum atomic E-state index is 13.1. The number of Topliss-reactive ketones (excluding diaryl/α,β-unsaturated/α-hetero) is 1. The van der Waals surface area contributed by atoms with Crippen molar-refractivity contribution in [1.29, 1.82) is 0 Å². The van der Waals surface area contributed by atoms with Gasteiger partial charge in [-0.1, -0.05) is 36.4 Å². The maximum absolute atomic E-state index is 13.1. The van der Waals surface area contributed by atoms with Crippen molar-refractivity contribution in [2.75, 3.05) is 21.6 Å². The minimum absolute atomic E-state index is 0.0478. The first-order chi connectivity index (χ1) is 16.2. The summed E-state index contributed by atoms with van der Waals surface area (Å²) in [6, 6.07) is 20.3. The van der Waals surface area contributed by atoms with Crippen LogP contribution in [0.15, 0.2) is 83.8 Å². The van der Waals surface area contributed by atoms with Crippen LogP contribution < -0.4 is 14.5 Å². The second kappa shape index (κ2) is 9.11. The average molecular weight is 478 g/mol. The van der Waals surface area contributed by atoms with Crippen LogP contribution in [0.2, 0.25) is 0 Å². The predicted octanol–water partition coefficient (Wildman–Crippen LogP) is 3.46. The summed E-state index contributed by atoms with van der Waals surface area (Å²) in [4.78, 5) is 38.4. The van der Waals surface area contributed by atoms with Gasteiger partial charge in [0.15, 0.2) is 5.78 Å². The molecule has 0 aromatic heterocycles. The minimum atomic E-state index is -3.84. The molecule has 1 atom stereocenters. The number of ketones is 1. The van der Waals surface area contributed by atoms with E-state index in [1.54, 1.807) is 60.7 Å². The summed E-state index contributed by atoms with van der Waals surface area (Å²) in [6.07, 6.45) is -0.0932. The van der Waals surface area contributed by atoms with E-state index >= 15 is 0 Å². The van der Waals surface area contributed by atoms with Crippen molar-refractivity contribution in [1.82, 2.24) is 0 Å². The fraction of sp³-hybridized carbons (Fsp3) is 0.160. The number of sulfonamides is 1. The first kappa shape index (κ1) is 23.2. The van der Waals surface area contributed by atoms with Gasteiger partial charge < -0.3 is 5.32 Å². The van der Waals surface area contributed by atoms with E-state index in [2.05, 4.69) is 5.32 Å². The van der Waals surface area contributed by atoms with Gasteiger partial charge in [0, 0.05) is 18.3 Å². The van der Waals surface area contributed by atoms with Gasteiger partial charge in [-0.25, -0.2) is 13.3 Å². The molecule has 174 valence electrons. The Kier molecular flexibility index (Phi) is 6.21. The summed E-state index contributed by atoms with van der Waals surface area (Å²) < 4.78 is 27.4. The zero-order chi connectivity index (χ0) is 24.5. The SMILES string of the molecule is CC(=O)c1cccc(N2C(=O)CC(Nc3cccc(S(=O)(=O)N(C)c4ccccc4)c3)C2=O)c1. The van der Waals surface area contributed by atoms with Crippen LogP contribution in [-0.4, -0.2) is 39.1 Å². The van der Waals surface area contributed by atoms with Crippen molar-refractivity contribution in [2.45, 2.75) is 24.3 Å². The highest BCUT2D eigenvalue weighted by Gasteiger charge is 2.39. The van der Waals surface area contributed by atoms with Gasteiger partial charge in [-0.3, -0.25) is 18.7 Å². The molecule has 2 amide bonds. The molecule has 0 radical (unpaired) electrons. The first-order valence-electron chi connectivity index (χ1n) is 10.6. The molecule has 0 bridgehead atoms. The molecule has 1 unspecified atom stereocenters. The van der Waals surface area contributed by atoms with E-state index < -0.39 is 27.9 Å². The first-order valence-corrected chi connectivity index (χ1v) is 12.0. The summed E-state index contributed by atoms with van der Waals surface area (Å²) in [7, 11) is -2.37. The third kappa shape index (κ3) is 4.42. The van der Waals surface area contributed by atoms with E-state index in [4.69, 9.17) is 0 Å². The van der Waals surface area contributed by atoms with E-state index in [9.17, 15) is 22.8 Å². The molecule has 1 saturated heterocycles. The number of nitrogens with zero attached hydrogens (tertiary/aromatic N) is 2. The average Bonchev–Trinajstić information content (AvgIpc) is 3.11. The van der Waals surface area contributed by atoms with Crippen LogP contribution in [0.4, 0.5) is 17.1 Å². The molecule has 4 rings (SSSR count). The quantitative estimate of drug-likeness (QED) is 0.413. The Bertz CT molecular complexity index is 1370. The van der Waals surface area contributed by atoms with Gasteiger partial charge in [0.25, 0.3) is 15.9 Å². The number of rotatable bonds is 7. The van der Waals surface area contributed by atoms with E-state index in [1.807, 2.05) is 0 Å². The third-order valence-corrected chi connectivity index (χ3v) is 7.39. The molecule has 3 aromatic rings. The lowest BCUT2D eigenvalue weighted by atomic mass is 10.1. The molecule has 1 heterocycles. The number of carbonyl (C=O) groups is 3. The van der Waals surface area contributed by atoms with Crippen molar-refractivity contribution in [3.05, 3.63) is 84.4 Å². The molecule has 0 saturated carbocycles. The van der Waals surface area contributed by atoms with Gasteiger partial charge in [-0.05, 0) is 49.4 Å². The standard InChI is InChI=1S/C25H23N3O5S/c1-17(29)18-8-6-12-21(14-18)28-24(30)16-23(25(28)31)26-19-9-7-13-22(15-19)34(32,33)27(2)20-10-4-3-5-11-20/h3-15,23,26H,16H2,1-2H3. The van der Waals surface area contributed by atoms with Gasteiger partial charge in [-0.2, -0.15) is 0 Å². The number of anilines is 3. The molecule has 1 fully saturated rings. The van der Waals surface area contributed by atoms with Crippen LogP contribution in [-0.2, 0) is 19.6 Å². The Morgan fingerprint density at radius 2 is 1.68 bits per heavy atom. The highest BCUT2D eigenvalue weighted by molar-refractivity contribution is 7.92. The largest absolute Gasteiger partial charge is 0.373 e. The van der Waals surface area contributed by atoms with Gasteiger partial charge in [-0.15, -0.1) is 0 Å². The fourth-order valence-corrected chi connectivity index (χ4v) is 5.00. The molecule has 1 aliphatic rings. The number of imide groups is 1. The Morgan fingerprint density at radius 3 is 2.38 bits per heavy atom. The topological polar surface area (TPSA) is 104 Å². The smallest absolute Gasteiger partial charge is 0.264 e. The Morgan fingerprint density at radius 1 is 0.971 bits per heavy atom. The summed E-state index contributed by atoms with van der Waals surface area (Å²) in [6.45, 7) is 1.41. The minimum Gasteiger partial charge on any atom is -0.373 e. The number of benzene rings is 3. The summed E-state index contributed by atoms with van der Waals surface area (Å²) in [5.41, 5.74) is 1.64. The summed E-state index contributed by atoms with van der Waals surface area (Å²) in [5, 5.41) is 2.99. The van der Waals surface area contributed by atoms with Gasteiger partial charge in [0.1, 0.15) is 6.04 Å². The lowest BCUT2D eigenvalue weighted by Crippen LogP contribution is -2.35. The molecule has 0 spiro atoms. The number of hydrogen-bond acceptors (Lipinski definition) is 6. The number of amides is 2. The van der Waals surface area contributed by atoms with Crippen LogP contribution in [0.3, 0.4) is 0 Å². The second-order valence-electron chi connectivity index (χ2n) is 7.91. The van der Waals surface area contributed by atoms with Crippen LogP contribution in [0.25, 0.3) is 0 Å². The molecular formula is C25H23N3O5S. The monoisotopic (exact) mass is 477 g/mol. The lowest BCUT2D eigenvalue weighted by molar-refractivity contribution is -0.121. The predicted molar refractivity (Wildman–Crippen MR) is 129 cm³/mol. The molecular weight excluding hydrogens is 454 g/mol. The van der Waals surface area contributed by atoms with E-state index in [0.29, 0.717) is 22.6 Å². The Hall–Kier alpha value is -3.98. The zero-order valence-electron chi connectivity index (χ0n) is 18.6. The maximum Gasteiger partial charge on any atom is 0.264 e. The molecule has 9 heteroatoms. The molecule has 3 aromatic carbocycles. The lowest BCUT2D eigenvalue weighted by Gasteiger charge is -2.20.